The molecule has 3 rings (SSSR count). The number of ether oxygens (including phenoxy) is 1. The molecule has 98 valence electrons. The lowest BCUT2D eigenvalue weighted by atomic mass is 10.0. The first-order valence-electron chi connectivity index (χ1n) is 6.85. The quantitative estimate of drug-likeness (QED) is 0.889. The topological polar surface area (TPSA) is 21.3 Å². The first-order chi connectivity index (χ1) is 9.28. The van der Waals surface area contributed by atoms with E-state index in [4.69, 9.17) is 4.74 Å². The molecule has 2 aromatic rings. The van der Waals surface area contributed by atoms with Gasteiger partial charge in [-0.05, 0) is 49.1 Å². The van der Waals surface area contributed by atoms with Gasteiger partial charge in [0, 0.05) is 5.69 Å². The highest BCUT2D eigenvalue weighted by Gasteiger charge is 2.23. The van der Waals surface area contributed by atoms with Crippen LogP contribution in [-0.4, -0.2) is 6.61 Å². The summed E-state index contributed by atoms with van der Waals surface area (Å²) in [6, 6.07) is 15.3. The van der Waals surface area contributed by atoms with Crippen LogP contribution in [0.5, 0.6) is 5.75 Å². The summed E-state index contributed by atoms with van der Waals surface area (Å²) in [5.41, 5.74) is 5.32. The average molecular weight is 253 g/mol. The maximum Gasteiger partial charge on any atom is 0.119 e. The van der Waals surface area contributed by atoms with Gasteiger partial charge < -0.3 is 10.1 Å². The summed E-state index contributed by atoms with van der Waals surface area (Å²) in [4.78, 5) is 0. The SMILES string of the molecule is CCOc1cccc(C2Cc3cccc(C)c3N2)c1. The standard InChI is InChI=1S/C17H19NO/c1-3-19-15-9-5-7-13(10-15)16-11-14-8-4-6-12(2)17(14)18-16/h4-10,16,18H,3,11H2,1-2H3. The smallest absolute Gasteiger partial charge is 0.119 e. The largest absolute Gasteiger partial charge is 0.494 e. The van der Waals surface area contributed by atoms with Crippen LogP contribution in [-0.2, 0) is 6.42 Å². The molecule has 2 heteroatoms. The van der Waals surface area contributed by atoms with E-state index >= 15 is 0 Å². The second kappa shape index (κ2) is 4.96. The van der Waals surface area contributed by atoms with Gasteiger partial charge in [0.25, 0.3) is 0 Å². The van der Waals surface area contributed by atoms with Crippen LogP contribution in [0.1, 0.15) is 29.7 Å². The third kappa shape index (κ3) is 2.30. The zero-order chi connectivity index (χ0) is 13.2. The lowest BCUT2D eigenvalue weighted by molar-refractivity contribution is 0.339. The highest BCUT2D eigenvalue weighted by atomic mass is 16.5. The molecular weight excluding hydrogens is 234 g/mol. The predicted molar refractivity (Wildman–Crippen MR) is 78.9 cm³/mol. The van der Waals surface area contributed by atoms with Crippen molar-refractivity contribution >= 4 is 5.69 Å². The van der Waals surface area contributed by atoms with Crippen molar-refractivity contribution in [3.8, 4) is 5.75 Å². The molecule has 0 spiro atoms. The van der Waals surface area contributed by atoms with Crippen molar-refractivity contribution in [2.24, 2.45) is 0 Å². The molecule has 19 heavy (non-hydrogen) atoms. The molecule has 1 aliphatic heterocycles. The van der Waals surface area contributed by atoms with Crippen molar-refractivity contribution in [1.82, 2.24) is 0 Å². The van der Waals surface area contributed by atoms with Gasteiger partial charge in [0.2, 0.25) is 0 Å². The van der Waals surface area contributed by atoms with Gasteiger partial charge in [0.1, 0.15) is 5.75 Å². The normalized spacial score (nSPS) is 16.8. The van der Waals surface area contributed by atoms with Crippen LogP contribution in [0.2, 0.25) is 0 Å². The van der Waals surface area contributed by atoms with Crippen molar-refractivity contribution < 1.29 is 4.74 Å². The maximum atomic E-state index is 5.58. The summed E-state index contributed by atoms with van der Waals surface area (Å²) in [5, 5.41) is 3.63. The molecule has 1 aliphatic rings. The lowest BCUT2D eigenvalue weighted by Crippen LogP contribution is -2.06. The van der Waals surface area contributed by atoms with Crippen LogP contribution in [0.3, 0.4) is 0 Å². The fraction of sp³-hybridized carbons (Fsp3) is 0.294. The second-order valence-electron chi connectivity index (χ2n) is 5.02. The van der Waals surface area contributed by atoms with Crippen LogP contribution in [0, 0.1) is 6.92 Å². The van der Waals surface area contributed by atoms with E-state index in [0.29, 0.717) is 12.6 Å². The molecule has 0 aliphatic carbocycles. The van der Waals surface area contributed by atoms with Crippen molar-refractivity contribution in [2.45, 2.75) is 26.3 Å². The minimum atomic E-state index is 0.358. The van der Waals surface area contributed by atoms with Crippen LogP contribution in [0.4, 0.5) is 5.69 Å². The second-order valence-corrected chi connectivity index (χ2v) is 5.02. The Morgan fingerprint density at radius 3 is 2.84 bits per heavy atom. The van der Waals surface area contributed by atoms with Gasteiger partial charge in [0.15, 0.2) is 0 Å². The number of hydrogen-bond acceptors (Lipinski definition) is 2. The Balaban J connectivity index is 1.86. The monoisotopic (exact) mass is 253 g/mol. The number of aryl methyl sites for hydroxylation is 1. The van der Waals surface area contributed by atoms with Crippen LogP contribution < -0.4 is 10.1 Å². The first kappa shape index (κ1) is 12.1. The molecule has 0 saturated carbocycles. The summed E-state index contributed by atoms with van der Waals surface area (Å²) in [6.45, 7) is 4.88. The molecule has 0 aromatic heterocycles. The molecule has 0 amide bonds. The summed E-state index contributed by atoms with van der Waals surface area (Å²) >= 11 is 0. The summed E-state index contributed by atoms with van der Waals surface area (Å²) in [6.07, 6.45) is 1.05. The molecule has 0 bridgehead atoms. The van der Waals surface area contributed by atoms with E-state index in [-0.39, 0.29) is 0 Å². The van der Waals surface area contributed by atoms with Crippen LogP contribution >= 0.6 is 0 Å². The van der Waals surface area contributed by atoms with E-state index in [2.05, 4.69) is 48.6 Å². The highest BCUT2D eigenvalue weighted by Crippen LogP contribution is 2.36. The molecule has 1 atom stereocenters. The molecule has 0 fully saturated rings. The van der Waals surface area contributed by atoms with Crippen molar-refractivity contribution in [3.05, 3.63) is 59.2 Å². The number of rotatable bonds is 3. The number of anilines is 1. The molecule has 1 unspecified atom stereocenters. The van der Waals surface area contributed by atoms with Gasteiger partial charge in [0.05, 0.1) is 12.6 Å². The van der Waals surface area contributed by atoms with Crippen molar-refractivity contribution in [1.29, 1.82) is 0 Å². The number of benzene rings is 2. The molecule has 2 nitrogen and oxygen atoms in total. The van der Waals surface area contributed by atoms with E-state index in [1.165, 1.54) is 22.4 Å². The Morgan fingerprint density at radius 2 is 2.05 bits per heavy atom. The number of nitrogens with one attached hydrogen (secondary N) is 1. The van der Waals surface area contributed by atoms with E-state index < -0.39 is 0 Å². The maximum absolute atomic E-state index is 5.58. The Kier molecular flexibility index (Phi) is 3.16. The van der Waals surface area contributed by atoms with Gasteiger partial charge in [-0.3, -0.25) is 0 Å². The Morgan fingerprint density at radius 1 is 1.21 bits per heavy atom. The van der Waals surface area contributed by atoms with E-state index in [9.17, 15) is 0 Å². The molecular formula is C17H19NO. The van der Waals surface area contributed by atoms with E-state index in [0.717, 1.165) is 12.2 Å². The third-order valence-corrected chi connectivity index (χ3v) is 3.67. The summed E-state index contributed by atoms with van der Waals surface area (Å²) in [7, 11) is 0. The van der Waals surface area contributed by atoms with Gasteiger partial charge in [-0.15, -0.1) is 0 Å². The average Bonchev–Trinajstić information content (AvgIpc) is 2.85. The number of para-hydroxylation sites is 1. The molecule has 1 heterocycles. The fourth-order valence-electron chi connectivity index (χ4n) is 2.74. The van der Waals surface area contributed by atoms with Crippen molar-refractivity contribution in [2.75, 3.05) is 11.9 Å². The van der Waals surface area contributed by atoms with E-state index in [1.807, 2.05) is 13.0 Å². The van der Waals surface area contributed by atoms with Gasteiger partial charge in [-0.25, -0.2) is 0 Å². The van der Waals surface area contributed by atoms with E-state index in [1.54, 1.807) is 0 Å². The third-order valence-electron chi connectivity index (χ3n) is 3.67. The lowest BCUT2D eigenvalue weighted by Gasteiger charge is -2.14. The van der Waals surface area contributed by atoms with Crippen LogP contribution in [0.15, 0.2) is 42.5 Å². The minimum Gasteiger partial charge on any atom is -0.494 e. The van der Waals surface area contributed by atoms with Crippen molar-refractivity contribution in [3.63, 3.8) is 0 Å². The first-order valence-corrected chi connectivity index (χ1v) is 6.85. The highest BCUT2D eigenvalue weighted by molar-refractivity contribution is 5.63. The minimum absolute atomic E-state index is 0.358. The van der Waals surface area contributed by atoms with Gasteiger partial charge >= 0.3 is 0 Å². The predicted octanol–water partition coefficient (Wildman–Crippen LogP) is 4.10. The molecule has 1 N–H and O–H groups in total. The molecule has 0 saturated heterocycles. The Labute approximate surface area is 114 Å². The molecule has 2 aromatic carbocycles. The van der Waals surface area contributed by atoms with Gasteiger partial charge in [-0.2, -0.15) is 0 Å². The Bertz CT molecular complexity index is 592. The van der Waals surface area contributed by atoms with Gasteiger partial charge in [-0.1, -0.05) is 30.3 Å². The summed E-state index contributed by atoms with van der Waals surface area (Å²) in [5.74, 6) is 0.953. The Hall–Kier alpha value is -1.96. The zero-order valence-electron chi connectivity index (χ0n) is 11.4. The molecule has 0 radical (unpaired) electrons. The fourth-order valence-corrected chi connectivity index (χ4v) is 2.74. The number of hydrogen-bond donors (Lipinski definition) is 1. The van der Waals surface area contributed by atoms with Crippen LogP contribution in [0.25, 0.3) is 0 Å². The number of fused-ring (bicyclic) bond motifs is 1. The zero-order valence-corrected chi connectivity index (χ0v) is 11.4. The summed E-state index contributed by atoms with van der Waals surface area (Å²) < 4.78 is 5.58.